The summed E-state index contributed by atoms with van der Waals surface area (Å²) in [6.45, 7) is 3.35. The molecule has 1 aliphatic rings. The van der Waals surface area contributed by atoms with Crippen molar-refractivity contribution in [1.29, 1.82) is 0 Å². The Morgan fingerprint density at radius 2 is 1.93 bits per heavy atom. The first-order valence-electron chi connectivity index (χ1n) is 8.94. The molecular formula is C20H20N4O6. The smallest absolute Gasteiger partial charge is 0.320 e. The quantitative estimate of drug-likeness (QED) is 0.439. The maximum atomic E-state index is 13.1. The van der Waals surface area contributed by atoms with Crippen LogP contribution in [0.4, 0.5) is 16.2 Å². The van der Waals surface area contributed by atoms with E-state index in [-0.39, 0.29) is 22.6 Å². The van der Waals surface area contributed by atoms with Gasteiger partial charge in [-0.05, 0) is 37.6 Å². The molecule has 0 fully saturated rings. The van der Waals surface area contributed by atoms with Gasteiger partial charge < -0.3 is 25.8 Å². The molecule has 10 heteroatoms. The van der Waals surface area contributed by atoms with Crippen LogP contribution in [0.1, 0.15) is 24.1 Å². The van der Waals surface area contributed by atoms with Gasteiger partial charge in [-0.1, -0.05) is 18.2 Å². The highest BCUT2D eigenvalue weighted by atomic mass is 16.6. The van der Waals surface area contributed by atoms with Crippen LogP contribution < -0.4 is 20.7 Å². The molecule has 0 unspecified atom stereocenters. The molecule has 2 aromatic carbocycles. The van der Waals surface area contributed by atoms with Gasteiger partial charge >= 0.3 is 11.7 Å². The monoisotopic (exact) mass is 412 g/mol. The third kappa shape index (κ3) is 3.75. The molecule has 0 saturated carbocycles. The highest BCUT2D eigenvalue weighted by Gasteiger charge is 2.37. The number of nitro groups is 1. The number of hydrogen-bond donors (Lipinski definition) is 4. The van der Waals surface area contributed by atoms with Crippen molar-refractivity contribution in [3.8, 4) is 11.5 Å². The summed E-state index contributed by atoms with van der Waals surface area (Å²) in [6.07, 6.45) is 0. The number of aromatic hydroxyl groups is 1. The predicted molar refractivity (Wildman–Crippen MR) is 108 cm³/mol. The third-order valence-corrected chi connectivity index (χ3v) is 4.75. The Balaban J connectivity index is 2.12. The summed E-state index contributed by atoms with van der Waals surface area (Å²) < 4.78 is 4.99. The summed E-state index contributed by atoms with van der Waals surface area (Å²) in [5, 5.41) is 29.5. The molecule has 30 heavy (non-hydrogen) atoms. The number of allylic oxidation sites excluding steroid dienone is 1. The van der Waals surface area contributed by atoms with E-state index in [9.17, 15) is 24.8 Å². The number of benzene rings is 2. The van der Waals surface area contributed by atoms with E-state index in [1.807, 2.05) is 19.1 Å². The summed E-state index contributed by atoms with van der Waals surface area (Å²) in [5.74, 6) is -1.33. The molecule has 156 valence electrons. The Bertz CT molecular complexity index is 1080. The van der Waals surface area contributed by atoms with Gasteiger partial charge in [-0.25, -0.2) is 4.79 Å². The number of para-hydroxylation sites is 1. The molecule has 4 N–H and O–H groups in total. The van der Waals surface area contributed by atoms with Crippen molar-refractivity contribution in [2.24, 2.45) is 0 Å². The number of nitrogens with zero attached hydrogens (tertiary/aromatic N) is 1. The molecule has 0 aliphatic carbocycles. The molecule has 3 amide bonds. The van der Waals surface area contributed by atoms with E-state index in [4.69, 9.17) is 4.74 Å². The first-order valence-corrected chi connectivity index (χ1v) is 8.94. The number of phenols is 1. The molecule has 2 aromatic rings. The van der Waals surface area contributed by atoms with Gasteiger partial charge in [-0.15, -0.1) is 0 Å². The lowest BCUT2D eigenvalue weighted by Gasteiger charge is -2.28. The van der Waals surface area contributed by atoms with Crippen LogP contribution in [-0.4, -0.2) is 29.1 Å². The minimum Gasteiger partial charge on any atom is -0.504 e. The molecule has 3 rings (SSSR count). The predicted octanol–water partition coefficient (Wildman–Crippen LogP) is 2.88. The standard InChI is InChI=1S/C20H20N4O6/c1-10-6-4-5-7-13(10)22-19(26)15-11(2)21-20(27)23-16(15)12-8-9-14(25)18(30-3)17(12)24(28)29/h4-9,16,25H,1-3H3,(H,22,26)(H2,21,23,27)/t16-/m1/s1. The zero-order valence-corrected chi connectivity index (χ0v) is 16.5. The van der Waals surface area contributed by atoms with Gasteiger partial charge in [0.25, 0.3) is 5.91 Å². The second kappa shape index (κ2) is 8.11. The Morgan fingerprint density at radius 1 is 1.23 bits per heavy atom. The fourth-order valence-electron chi connectivity index (χ4n) is 3.33. The number of urea groups is 1. The Kier molecular flexibility index (Phi) is 5.58. The van der Waals surface area contributed by atoms with Crippen LogP contribution in [0, 0.1) is 17.0 Å². The zero-order valence-electron chi connectivity index (χ0n) is 16.5. The lowest BCUT2D eigenvalue weighted by atomic mass is 9.93. The topological polar surface area (TPSA) is 143 Å². The number of hydrogen-bond acceptors (Lipinski definition) is 6. The summed E-state index contributed by atoms with van der Waals surface area (Å²) in [7, 11) is 1.18. The summed E-state index contributed by atoms with van der Waals surface area (Å²) >= 11 is 0. The number of carbonyl (C=O) groups excluding carboxylic acids is 2. The van der Waals surface area contributed by atoms with Crippen LogP contribution in [0.3, 0.4) is 0 Å². The van der Waals surface area contributed by atoms with Crippen LogP contribution in [0.5, 0.6) is 11.5 Å². The van der Waals surface area contributed by atoms with Gasteiger partial charge in [-0.2, -0.15) is 0 Å². The van der Waals surface area contributed by atoms with Gasteiger partial charge in [0.2, 0.25) is 5.75 Å². The fourth-order valence-corrected chi connectivity index (χ4v) is 3.33. The lowest BCUT2D eigenvalue weighted by Crippen LogP contribution is -2.46. The molecule has 0 aromatic heterocycles. The SMILES string of the molecule is COc1c(O)ccc([C@H]2NC(=O)NC(C)=C2C(=O)Nc2ccccc2C)c1[N+](=O)[O-]. The fraction of sp³-hybridized carbons (Fsp3) is 0.200. The van der Waals surface area contributed by atoms with E-state index < -0.39 is 34.3 Å². The van der Waals surface area contributed by atoms with E-state index in [0.29, 0.717) is 5.69 Å². The van der Waals surface area contributed by atoms with Crippen molar-refractivity contribution >= 4 is 23.3 Å². The molecule has 0 bridgehead atoms. The molecule has 10 nitrogen and oxygen atoms in total. The van der Waals surface area contributed by atoms with Crippen molar-refractivity contribution in [2.75, 3.05) is 12.4 Å². The van der Waals surface area contributed by atoms with Crippen LogP contribution in [0.2, 0.25) is 0 Å². The maximum Gasteiger partial charge on any atom is 0.320 e. The van der Waals surface area contributed by atoms with Crippen molar-refractivity contribution in [1.82, 2.24) is 10.6 Å². The average Bonchev–Trinajstić information content (AvgIpc) is 2.68. The lowest BCUT2D eigenvalue weighted by molar-refractivity contribution is -0.386. The van der Waals surface area contributed by atoms with Crippen molar-refractivity contribution in [2.45, 2.75) is 19.9 Å². The van der Waals surface area contributed by atoms with Crippen molar-refractivity contribution < 1.29 is 24.4 Å². The minimum absolute atomic E-state index is 0.00113. The van der Waals surface area contributed by atoms with Gasteiger partial charge in [0, 0.05) is 11.4 Å². The molecule has 1 aliphatic heterocycles. The molecule has 0 saturated heterocycles. The zero-order chi connectivity index (χ0) is 22.0. The largest absolute Gasteiger partial charge is 0.504 e. The van der Waals surface area contributed by atoms with E-state index in [0.717, 1.165) is 5.56 Å². The first-order chi connectivity index (χ1) is 14.2. The molecule has 0 spiro atoms. The maximum absolute atomic E-state index is 13.1. The highest BCUT2D eigenvalue weighted by Crippen LogP contribution is 2.43. The van der Waals surface area contributed by atoms with Crippen LogP contribution in [0.15, 0.2) is 47.7 Å². The Morgan fingerprint density at radius 3 is 2.57 bits per heavy atom. The van der Waals surface area contributed by atoms with Crippen LogP contribution in [-0.2, 0) is 4.79 Å². The van der Waals surface area contributed by atoms with E-state index in [1.54, 1.807) is 12.1 Å². The number of nitrogens with one attached hydrogen (secondary N) is 3. The number of carbonyl (C=O) groups is 2. The number of ether oxygens (including phenoxy) is 1. The van der Waals surface area contributed by atoms with Crippen LogP contribution in [0.25, 0.3) is 0 Å². The van der Waals surface area contributed by atoms with Crippen molar-refractivity contribution in [3.05, 3.63) is 68.9 Å². The van der Waals surface area contributed by atoms with E-state index >= 15 is 0 Å². The number of aryl methyl sites for hydroxylation is 1. The van der Waals surface area contributed by atoms with Gasteiger partial charge in [0.05, 0.1) is 29.2 Å². The summed E-state index contributed by atoms with van der Waals surface area (Å²) in [5.41, 5.74) is 1.18. The van der Waals surface area contributed by atoms with Crippen molar-refractivity contribution in [3.63, 3.8) is 0 Å². The molecule has 1 atom stereocenters. The second-order valence-corrected chi connectivity index (χ2v) is 6.65. The Labute approximate surface area is 171 Å². The van der Waals surface area contributed by atoms with Gasteiger partial charge in [0.1, 0.15) is 0 Å². The first kappa shape index (κ1) is 20.6. The van der Waals surface area contributed by atoms with E-state index in [2.05, 4.69) is 16.0 Å². The molecular weight excluding hydrogens is 392 g/mol. The highest BCUT2D eigenvalue weighted by molar-refractivity contribution is 6.07. The number of amides is 3. The Hall–Kier alpha value is -4.08. The number of anilines is 1. The summed E-state index contributed by atoms with van der Waals surface area (Å²) in [4.78, 5) is 36.2. The number of rotatable bonds is 5. The van der Waals surface area contributed by atoms with E-state index in [1.165, 1.54) is 26.2 Å². The normalized spacial score (nSPS) is 15.8. The number of methoxy groups -OCH3 is 1. The van der Waals surface area contributed by atoms with Crippen LogP contribution >= 0.6 is 0 Å². The van der Waals surface area contributed by atoms with Gasteiger partial charge in [0.15, 0.2) is 5.75 Å². The molecule has 1 heterocycles. The van der Waals surface area contributed by atoms with Gasteiger partial charge in [-0.3, -0.25) is 14.9 Å². The second-order valence-electron chi connectivity index (χ2n) is 6.65. The average molecular weight is 412 g/mol. The third-order valence-electron chi connectivity index (χ3n) is 4.75. The molecule has 0 radical (unpaired) electrons. The number of nitro benzene ring substituents is 1. The number of phenolic OH excluding ortho intramolecular Hbond substituents is 1. The minimum atomic E-state index is -1.14. The summed E-state index contributed by atoms with van der Waals surface area (Å²) in [6, 6.07) is 7.86.